The van der Waals surface area contributed by atoms with Gasteiger partial charge in [0.05, 0.1) is 18.6 Å². The lowest BCUT2D eigenvalue weighted by molar-refractivity contribution is -0.115. The number of methoxy groups -OCH3 is 1. The standard InChI is InChI=1S/C13H13NO3S2/c1-3-17-9-5-4-8(6-10(9)16-2)7-11-12(15)14-13(18)19-11/h4-7H,3H2,1-2H3,(H,14,15,18)/b11-7+. The van der Waals surface area contributed by atoms with Crippen LogP contribution in [0, 0.1) is 0 Å². The zero-order valence-corrected chi connectivity index (χ0v) is 12.2. The lowest BCUT2D eigenvalue weighted by atomic mass is 10.2. The number of ether oxygens (including phenoxy) is 2. The minimum absolute atomic E-state index is 0.164. The van der Waals surface area contributed by atoms with E-state index < -0.39 is 0 Å². The highest BCUT2D eigenvalue weighted by Gasteiger charge is 2.22. The molecule has 0 aromatic heterocycles. The topological polar surface area (TPSA) is 47.6 Å². The fraction of sp³-hybridized carbons (Fsp3) is 0.231. The van der Waals surface area contributed by atoms with Crippen LogP contribution in [0.15, 0.2) is 23.1 Å². The number of hydrogen-bond acceptors (Lipinski definition) is 5. The monoisotopic (exact) mass is 295 g/mol. The molecule has 0 atom stereocenters. The van der Waals surface area contributed by atoms with Gasteiger partial charge in [-0.25, -0.2) is 0 Å². The van der Waals surface area contributed by atoms with Crippen molar-refractivity contribution in [2.24, 2.45) is 0 Å². The Balaban J connectivity index is 2.29. The van der Waals surface area contributed by atoms with E-state index in [0.29, 0.717) is 27.3 Å². The Morgan fingerprint density at radius 2 is 2.21 bits per heavy atom. The summed E-state index contributed by atoms with van der Waals surface area (Å²) in [7, 11) is 1.58. The maximum atomic E-state index is 11.6. The molecule has 0 saturated carbocycles. The second kappa shape index (κ2) is 6.08. The van der Waals surface area contributed by atoms with Gasteiger partial charge in [-0.15, -0.1) is 0 Å². The molecule has 0 radical (unpaired) electrons. The molecule has 1 saturated heterocycles. The molecular weight excluding hydrogens is 282 g/mol. The van der Waals surface area contributed by atoms with Crippen molar-refractivity contribution in [3.05, 3.63) is 28.7 Å². The number of thioether (sulfide) groups is 1. The molecule has 0 unspecified atom stereocenters. The SMILES string of the molecule is CCOc1ccc(/C=C2/SC(=S)NC2=O)cc1OC. The number of nitrogens with one attached hydrogen (secondary N) is 1. The van der Waals surface area contributed by atoms with E-state index in [-0.39, 0.29) is 5.91 Å². The van der Waals surface area contributed by atoms with Crippen LogP contribution in [0.2, 0.25) is 0 Å². The van der Waals surface area contributed by atoms with Crippen LogP contribution < -0.4 is 14.8 Å². The molecule has 100 valence electrons. The van der Waals surface area contributed by atoms with Crippen molar-refractivity contribution < 1.29 is 14.3 Å². The molecule has 1 N–H and O–H groups in total. The van der Waals surface area contributed by atoms with Gasteiger partial charge in [-0.2, -0.15) is 0 Å². The largest absolute Gasteiger partial charge is 0.493 e. The van der Waals surface area contributed by atoms with E-state index in [2.05, 4.69) is 5.32 Å². The van der Waals surface area contributed by atoms with Crippen LogP contribution in [0.1, 0.15) is 12.5 Å². The Kier molecular flexibility index (Phi) is 4.44. The number of rotatable bonds is 4. The predicted octanol–water partition coefficient (Wildman–Crippen LogP) is 2.58. The van der Waals surface area contributed by atoms with Crippen LogP contribution in [-0.4, -0.2) is 23.9 Å². The number of benzene rings is 1. The van der Waals surface area contributed by atoms with Crippen molar-refractivity contribution >= 4 is 40.3 Å². The van der Waals surface area contributed by atoms with Crippen LogP contribution in [0.25, 0.3) is 6.08 Å². The summed E-state index contributed by atoms with van der Waals surface area (Å²) in [6, 6.07) is 5.52. The predicted molar refractivity (Wildman–Crippen MR) is 80.5 cm³/mol. The number of carbonyl (C=O) groups excluding carboxylic acids is 1. The summed E-state index contributed by atoms with van der Waals surface area (Å²) in [5.74, 6) is 1.16. The normalized spacial score (nSPS) is 16.6. The van der Waals surface area contributed by atoms with Crippen molar-refractivity contribution in [2.75, 3.05) is 13.7 Å². The zero-order valence-electron chi connectivity index (χ0n) is 10.6. The Morgan fingerprint density at radius 3 is 2.79 bits per heavy atom. The van der Waals surface area contributed by atoms with Gasteiger partial charge in [-0.05, 0) is 30.7 Å². The molecule has 0 bridgehead atoms. The van der Waals surface area contributed by atoms with Gasteiger partial charge in [-0.1, -0.05) is 30.0 Å². The minimum atomic E-state index is -0.164. The first kappa shape index (κ1) is 13.9. The number of thiocarbonyl (C=S) groups is 1. The molecule has 1 aliphatic rings. The van der Waals surface area contributed by atoms with E-state index in [1.54, 1.807) is 13.2 Å². The Labute approximate surface area is 121 Å². The highest BCUT2D eigenvalue weighted by atomic mass is 32.2. The molecule has 1 amide bonds. The van der Waals surface area contributed by atoms with Gasteiger partial charge < -0.3 is 14.8 Å². The van der Waals surface area contributed by atoms with E-state index in [1.807, 2.05) is 25.1 Å². The van der Waals surface area contributed by atoms with Crippen molar-refractivity contribution in [3.63, 3.8) is 0 Å². The quantitative estimate of drug-likeness (QED) is 0.683. The first-order valence-corrected chi connectivity index (χ1v) is 6.92. The third-order valence-electron chi connectivity index (χ3n) is 2.43. The number of amides is 1. The number of hydrogen-bond donors (Lipinski definition) is 1. The molecule has 1 aliphatic heterocycles. The average Bonchev–Trinajstić information content (AvgIpc) is 2.70. The molecule has 4 nitrogen and oxygen atoms in total. The van der Waals surface area contributed by atoms with E-state index >= 15 is 0 Å². The molecule has 6 heteroatoms. The van der Waals surface area contributed by atoms with Gasteiger partial charge in [0.15, 0.2) is 11.5 Å². The molecule has 0 aliphatic carbocycles. The highest BCUT2D eigenvalue weighted by Crippen LogP contribution is 2.31. The van der Waals surface area contributed by atoms with Gasteiger partial charge in [0.25, 0.3) is 5.91 Å². The third kappa shape index (κ3) is 3.27. The lowest BCUT2D eigenvalue weighted by Gasteiger charge is -2.09. The van der Waals surface area contributed by atoms with Crippen LogP contribution in [-0.2, 0) is 4.79 Å². The summed E-state index contributed by atoms with van der Waals surface area (Å²) >= 11 is 6.20. The van der Waals surface area contributed by atoms with E-state index in [1.165, 1.54) is 11.8 Å². The number of carbonyl (C=O) groups is 1. The van der Waals surface area contributed by atoms with Crippen LogP contribution >= 0.6 is 24.0 Å². The minimum Gasteiger partial charge on any atom is -0.493 e. The average molecular weight is 295 g/mol. The lowest BCUT2D eigenvalue weighted by Crippen LogP contribution is -2.17. The van der Waals surface area contributed by atoms with Crippen molar-refractivity contribution in [1.82, 2.24) is 5.32 Å². The summed E-state index contributed by atoms with van der Waals surface area (Å²) in [5.41, 5.74) is 0.864. The van der Waals surface area contributed by atoms with E-state index in [4.69, 9.17) is 21.7 Å². The summed E-state index contributed by atoms with van der Waals surface area (Å²) in [4.78, 5) is 12.1. The van der Waals surface area contributed by atoms with E-state index in [0.717, 1.165) is 5.56 Å². The van der Waals surface area contributed by atoms with E-state index in [9.17, 15) is 4.79 Å². The molecule has 1 aromatic carbocycles. The fourth-order valence-electron chi connectivity index (χ4n) is 1.62. The van der Waals surface area contributed by atoms with Crippen molar-refractivity contribution in [3.8, 4) is 11.5 Å². The Hall–Kier alpha value is -1.53. The maximum Gasteiger partial charge on any atom is 0.263 e. The van der Waals surface area contributed by atoms with Gasteiger partial charge in [0.2, 0.25) is 0 Å². The van der Waals surface area contributed by atoms with Gasteiger partial charge in [0.1, 0.15) is 4.32 Å². The molecule has 0 spiro atoms. The molecular formula is C13H13NO3S2. The second-order valence-corrected chi connectivity index (χ2v) is 5.41. The van der Waals surface area contributed by atoms with Gasteiger partial charge in [0, 0.05) is 0 Å². The smallest absolute Gasteiger partial charge is 0.263 e. The van der Waals surface area contributed by atoms with Crippen LogP contribution in [0.4, 0.5) is 0 Å². The molecule has 1 heterocycles. The summed E-state index contributed by atoms with van der Waals surface area (Å²) in [6.07, 6.45) is 1.78. The first-order chi connectivity index (χ1) is 9.13. The Morgan fingerprint density at radius 1 is 1.42 bits per heavy atom. The summed E-state index contributed by atoms with van der Waals surface area (Å²) in [6.45, 7) is 2.49. The summed E-state index contributed by atoms with van der Waals surface area (Å²) < 4.78 is 11.2. The van der Waals surface area contributed by atoms with Crippen molar-refractivity contribution in [2.45, 2.75) is 6.92 Å². The zero-order chi connectivity index (χ0) is 13.8. The summed E-state index contributed by atoms with van der Waals surface area (Å²) in [5, 5.41) is 2.58. The van der Waals surface area contributed by atoms with Crippen LogP contribution in [0.5, 0.6) is 11.5 Å². The Bertz CT molecular complexity index is 555. The van der Waals surface area contributed by atoms with Gasteiger partial charge >= 0.3 is 0 Å². The van der Waals surface area contributed by atoms with Gasteiger partial charge in [-0.3, -0.25) is 4.79 Å². The molecule has 2 rings (SSSR count). The highest BCUT2D eigenvalue weighted by molar-refractivity contribution is 8.26. The fourth-order valence-corrected chi connectivity index (χ4v) is 2.67. The first-order valence-electron chi connectivity index (χ1n) is 5.69. The van der Waals surface area contributed by atoms with Crippen molar-refractivity contribution in [1.29, 1.82) is 0 Å². The molecule has 19 heavy (non-hydrogen) atoms. The van der Waals surface area contributed by atoms with Crippen LogP contribution in [0.3, 0.4) is 0 Å². The molecule has 1 fully saturated rings. The second-order valence-electron chi connectivity index (χ2n) is 3.70. The maximum absolute atomic E-state index is 11.6. The third-order valence-corrected chi connectivity index (χ3v) is 3.59. The molecule has 1 aromatic rings.